The Labute approximate surface area is 117 Å². The molecule has 2 N–H and O–H groups in total. The summed E-state index contributed by atoms with van der Waals surface area (Å²) >= 11 is 6.16. The molecule has 0 radical (unpaired) electrons. The monoisotopic (exact) mass is 279 g/mol. The van der Waals surface area contributed by atoms with Crippen LogP contribution in [0, 0.1) is 5.82 Å². The fraction of sp³-hybridized carbons (Fsp3) is 0.200. The highest BCUT2D eigenvalue weighted by Gasteiger charge is 2.13. The first kappa shape index (κ1) is 13.8. The molecule has 0 spiro atoms. The highest BCUT2D eigenvalue weighted by Crippen LogP contribution is 2.28. The lowest BCUT2D eigenvalue weighted by atomic mass is 9.99. The molecule has 2 aromatic rings. The van der Waals surface area contributed by atoms with E-state index in [-0.39, 0.29) is 11.9 Å². The molecule has 0 amide bonds. The summed E-state index contributed by atoms with van der Waals surface area (Å²) in [6, 6.07) is 11.6. The maximum atomic E-state index is 13.6. The average molecular weight is 280 g/mol. The topological polar surface area (TPSA) is 35.2 Å². The smallest absolute Gasteiger partial charge is 0.126 e. The van der Waals surface area contributed by atoms with Gasteiger partial charge in [-0.2, -0.15) is 0 Å². The Morgan fingerprint density at radius 2 is 2.00 bits per heavy atom. The lowest BCUT2D eigenvalue weighted by Crippen LogP contribution is -2.14. The Morgan fingerprint density at radius 1 is 1.26 bits per heavy atom. The molecule has 2 nitrogen and oxygen atoms in total. The Kier molecular flexibility index (Phi) is 4.40. The number of nitrogens with two attached hydrogens (primary N) is 1. The summed E-state index contributed by atoms with van der Waals surface area (Å²) in [7, 11) is 1.57. The van der Waals surface area contributed by atoms with Gasteiger partial charge in [-0.1, -0.05) is 35.9 Å². The maximum absolute atomic E-state index is 13.6. The molecule has 0 fully saturated rings. The van der Waals surface area contributed by atoms with E-state index in [2.05, 4.69) is 0 Å². The molecule has 0 aliphatic carbocycles. The minimum absolute atomic E-state index is 0.248. The molecule has 19 heavy (non-hydrogen) atoms. The summed E-state index contributed by atoms with van der Waals surface area (Å²) in [6.45, 7) is 0. The van der Waals surface area contributed by atoms with Crippen LogP contribution in [0.1, 0.15) is 17.2 Å². The van der Waals surface area contributed by atoms with Gasteiger partial charge in [0.2, 0.25) is 0 Å². The lowest BCUT2D eigenvalue weighted by molar-refractivity contribution is 0.414. The normalized spacial score (nSPS) is 12.2. The number of ether oxygens (including phenoxy) is 1. The van der Waals surface area contributed by atoms with Crippen LogP contribution in [0.2, 0.25) is 5.02 Å². The quantitative estimate of drug-likeness (QED) is 0.925. The molecular formula is C15H15ClFNO. The zero-order valence-corrected chi connectivity index (χ0v) is 11.3. The van der Waals surface area contributed by atoms with Crippen LogP contribution >= 0.6 is 11.6 Å². The fourth-order valence-electron chi connectivity index (χ4n) is 1.95. The van der Waals surface area contributed by atoms with Gasteiger partial charge in [0, 0.05) is 11.1 Å². The van der Waals surface area contributed by atoms with Crippen LogP contribution in [0.3, 0.4) is 0 Å². The number of benzene rings is 2. The van der Waals surface area contributed by atoms with Crippen molar-refractivity contribution in [3.63, 3.8) is 0 Å². The Balaban J connectivity index is 2.21. The van der Waals surface area contributed by atoms with E-state index in [1.165, 1.54) is 6.07 Å². The van der Waals surface area contributed by atoms with E-state index in [1.807, 2.05) is 6.07 Å². The largest absolute Gasteiger partial charge is 0.497 e. The molecule has 0 aliphatic rings. The van der Waals surface area contributed by atoms with Crippen LogP contribution in [0.5, 0.6) is 5.75 Å². The lowest BCUT2D eigenvalue weighted by Gasteiger charge is -2.15. The second-order valence-corrected chi connectivity index (χ2v) is 4.70. The van der Waals surface area contributed by atoms with Gasteiger partial charge in [0.25, 0.3) is 0 Å². The summed E-state index contributed by atoms with van der Waals surface area (Å²) in [6.07, 6.45) is 0.402. The van der Waals surface area contributed by atoms with E-state index in [0.29, 0.717) is 22.8 Å². The second-order valence-electron chi connectivity index (χ2n) is 4.29. The third-order valence-electron chi connectivity index (χ3n) is 3.00. The first-order chi connectivity index (χ1) is 9.11. The molecule has 1 unspecified atom stereocenters. The Bertz CT molecular complexity index is 574. The summed E-state index contributed by atoms with van der Waals surface area (Å²) in [5, 5.41) is 0.531. The van der Waals surface area contributed by atoms with E-state index < -0.39 is 0 Å². The fourth-order valence-corrected chi connectivity index (χ4v) is 2.26. The van der Waals surface area contributed by atoms with Crippen molar-refractivity contribution in [3.8, 4) is 5.75 Å². The summed E-state index contributed by atoms with van der Waals surface area (Å²) in [4.78, 5) is 0. The van der Waals surface area contributed by atoms with Crippen molar-refractivity contribution < 1.29 is 9.13 Å². The second kappa shape index (κ2) is 6.04. The number of halogens is 2. The van der Waals surface area contributed by atoms with Gasteiger partial charge in [0.05, 0.1) is 7.11 Å². The van der Waals surface area contributed by atoms with Gasteiger partial charge in [-0.25, -0.2) is 4.39 Å². The minimum atomic E-state index is -0.352. The van der Waals surface area contributed by atoms with E-state index in [0.717, 1.165) is 5.56 Å². The molecule has 2 rings (SSSR count). The standard InChI is InChI=1S/C15H15ClFNO/c1-19-11-6-7-12(13(16)9-11)15(18)8-10-4-2-3-5-14(10)17/h2-7,9,15H,8,18H2,1H3. The van der Waals surface area contributed by atoms with Gasteiger partial charge < -0.3 is 10.5 Å². The van der Waals surface area contributed by atoms with E-state index in [9.17, 15) is 4.39 Å². The van der Waals surface area contributed by atoms with E-state index in [1.54, 1.807) is 37.4 Å². The van der Waals surface area contributed by atoms with E-state index in [4.69, 9.17) is 22.1 Å². The maximum Gasteiger partial charge on any atom is 0.126 e. The number of hydrogen-bond acceptors (Lipinski definition) is 2. The average Bonchev–Trinajstić information content (AvgIpc) is 2.41. The summed E-state index contributed by atoms with van der Waals surface area (Å²) in [5.74, 6) is 0.425. The summed E-state index contributed by atoms with van der Waals surface area (Å²) in [5.41, 5.74) is 7.46. The number of methoxy groups -OCH3 is 1. The van der Waals surface area contributed by atoms with Crippen LogP contribution in [-0.2, 0) is 6.42 Å². The van der Waals surface area contributed by atoms with Gasteiger partial charge in [-0.3, -0.25) is 0 Å². The van der Waals surface area contributed by atoms with E-state index >= 15 is 0 Å². The molecule has 0 aliphatic heterocycles. The third-order valence-corrected chi connectivity index (χ3v) is 3.33. The van der Waals surface area contributed by atoms with Gasteiger partial charge in [-0.15, -0.1) is 0 Å². The molecule has 0 aromatic heterocycles. The van der Waals surface area contributed by atoms with Crippen molar-refractivity contribution in [2.24, 2.45) is 5.73 Å². The molecule has 0 saturated heterocycles. The molecule has 4 heteroatoms. The van der Waals surface area contributed by atoms with Crippen molar-refractivity contribution in [1.82, 2.24) is 0 Å². The minimum Gasteiger partial charge on any atom is -0.497 e. The van der Waals surface area contributed by atoms with Crippen LogP contribution in [0.15, 0.2) is 42.5 Å². The molecule has 100 valence electrons. The molecule has 0 bridgehead atoms. The highest BCUT2D eigenvalue weighted by atomic mass is 35.5. The summed E-state index contributed by atoms with van der Waals surface area (Å²) < 4.78 is 18.7. The number of rotatable bonds is 4. The first-order valence-corrected chi connectivity index (χ1v) is 6.32. The zero-order valence-electron chi connectivity index (χ0n) is 10.6. The molecule has 0 saturated carbocycles. The van der Waals surface area contributed by atoms with Gasteiger partial charge in [0.1, 0.15) is 11.6 Å². The Hall–Kier alpha value is -1.58. The Morgan fingerprint density at radius 3 is 2.63 bits per heavy atom. The first-order valence-electron chi connectivity index (χ1n) is 5.94. The van der Waals surface area contributed by atoms with Crippen molar-refractivity contribution in [3.05, 3.63) is 64.4 Å². The van der Waals surface area contributed by atoms with Gasteiger partial charge >= 0.3 is 0 Å². The highest BCUT2D eigenvalue weighted by molar-refractivity contribution is 6.31. The van der Waals surface area contributed by atoms with Crippen LogP contribution in [-0.4, -0.2) is 7.11 Å². The molecule has 1 atom stereocenters. The van der Waals surface area contributed by atoms with Crippen molar-refractivity contribution in [1.29, 1.82) is 0 Å². The number of hydrogen-bond donors (Lipinski definition) is 1. The molecule has 0 heterocycles. The van der Waals surface area contributed by atoms with Crippen LogP contribution in [0.4, 0.5) is 4.39 Å². The molecular weight excluding hydrogens is 265 g/mol. The van der Waals surface area contributed by atoms with Crippen molar-refractivity contribution >= 4 is 11.6 Å². The van der Waals surface area contributed by atoms with Gasteiger partial charge in [-0.05, 0) is 35.7 Å². The third kappa shape index (κ3) is 3.25. The predicted octanol–water partition coefficient (Wildman–Crippen LogP) is 3.73. The van der Waals surface area contributed by atoms with Crippen LogP contribution in [0.25, 0.3) is 0 Å². The van der Waals surface area contributed by atoms with Crippen LogP contribution < -0.4 is 10.5 Å². The SMILES string of the molecule is COc1ccc(C(N)Cc2ccccc2F)c(Cl)c1. The van der Waals surface area contributed by atoms with Crippen molar-refractivity contribution in [2.75, 3.05) is 7.11 Å². The predicted molar refractivity (Wildman–Crippen MR) is 75.0 cm³/mol. The van der Waals surface area contributed by atoms with Crippen molar-refractivity contribution in [2.45, 2.75) is 12.5 Å². The van der Waals surface area contributed by atoms with Gasteiger partial charge in [0.15, 0.2) is 0 Å². The zero-order chi connectivity index (χ0) is 13.8. The molecule has 2 aromatic carbocycles.